The Bertz CT molecular complexity index is 3800. The summed E-state index contributed by atoms with van der Waals surface area (Å²) in [4.78, 5) is 16.3. The molecular weight excluding hydrogens is 733 g/mol. The highest BCUT2D eigenvalue weighted by molar-refractivity contribution is 6.24. The van der Waals surface area contributed by atoms with Crippen molar-refractivity contribution in [2.75, 3.05) is 0 Å². The molecule has 0 atom stereocenters. The molecule has 0 saturated heterocycles. The Balaban J connectivity index is 1.13. The van der Waals surface area contributed by atoms with Crippen LogP contribution in [-0.2, 0) is 0 Å². The number of fused-ring (bicyclic) bond motifs is 13. The Kier molecular flexibility index (Phi) is 6.95. The van der Waals surface area contributed by atoms with Gasteiger partial charge in [-0.2, -0.15) is 9.97 Å². The summed E-state index contributed by atoms with van der Waals surface area (Å²) in [5, 5.41) is 13.4. The summed E-state index contributed by atoms with van der Waals surface area (Å²) < 4.78 is 8.94. The predicted octanol–water partition coefficient (Wildman–Crippen LogP) is 14.5. The highest BCUT2D eigenvalue weighted by Crippen LogP contribution is 2.43. The summed E-state index contributed by atoms with van der Waals surface area (Å²) in [5.41, 5.74) is 7.84. The minimum absolute atomic E-state index is 0.551. The van der Waals surface area contributed by atoms with E-state index in [0.29, 0.717) is 17.6 Å². The first-order valence-electron chi connectivity index (χ1n) is 20.3. The fourth-order valence-electron chi connectivity index (χ4n) is 9.37. The first-order chi connectivity index (χ1) is 29.7. The Morgan fingerprint density at radius 1 is 0.350 bits per heavy atom. The normalized spacial score (nSPS) is 12.0. The molecule has 5 nitrogen and oxygen atoms in total. The average molecular weight is 765 g/mol. The van der Waals surface area contributed by atoms with Gasteiger partial charge in [0, 0.05) is 48.8 Å². The van der Waals surface area contributed by atoms with E-state index in [1.165, 1.54) is 10.8 Å². The van der Waals surface area contributed by atoms with E-state index in [4.69, 9.17) is 19.4 Å². The summed E-state index contributed by atoms with van der Waals surface area (Å²) in [5.74, 6) is 1.71. The standard InChI is InChI=1S/C55H32N4O/c1-2-14-38-31-39(26-23-33(38)11-1)34-21-24-37(25-22-34)53-56-54(47-32-40-15-5-8-18-43(40)52-49(47)46-19-9-10-20-48(46)60-52)58-55(57-53)59-50-41-16-6-3-12-35(41)27-29-44(50)45-30-28-36-13-4-7-17-42(36)51(45)59/h1-32H. The lowest BCUT2D eigenvalue weighted by molar-refractivity contribution is 0.672. The molecule has 13 aromatic rings. The van der Waals surface area contributed by atoms with Gasteiger partial charge in [0.15, 0.2) is 11.6 Å². The molecule has 5 heteroatoms. The zero-order chi connectivity index (χ0) is 39.3. The zero-order valence-corrected chi connectivity index (χ0v) is 32.2. The van der Waals surface area contributed by atoms with Crippen molar-refractivity contribution < 1.29 is 4.42 Å². The Morgan fingerprint density at radius 3 is 1.60 bits per heavy atom. The predicted molar refractivity (Wildman–Crippen MR) is 248 cm³/mol. The molecule has 10 aromatic carbocycles. The van der Waals surface area contributed by atoms with Crippen molar-refractivity contribution in [3.05, 3.63) is 194 Å². The molecule has 0 bridgehead atoms. The minimum Gasteiger partial charge on any atom is -0.455 e. The van der Waals surface area contributed by atoms with Crippen LogP contribution in [0.5, 0.6) is 0 Å². The first kappa shape index (κ1) is 32.9. The maximum Gasteiger partial charge on any atom is 0.238 e. The fraction of sp³-hybridized carbons (Fsp3) is 0. The van der Waals surface area contributed by atoms with Gasteiger partial charge < -0.3 is 4.42 Å². The lowest BCUT2D eigenvalue weighted by Gasteiger charge is -2.14. The van der Waals surface area contributed by atoms with Gasteiger partial charge in [-0.3, -0.25) is 4.57 Å². The smallest absolute Gasteiger partial charge is 0.238 e. The molecule has 13 rings (SSSR count). The summed E-state index contributed by atoms with van der Waals surface area (Å²) in [6.45, 7) is 0. The largest absolute Gasteiger partial charge is 0.455 e. The molecule has 60 heavy (non-hydrogen) atoms. The van der Waals surface area contributed by atoms with Crippen molar-refractivity contribution in [3.8, 4) is 39.9 Å². The Morgan fingerprint density at radius 2 is 0.883 bits per heavy atom. The molecule has 0 amide bonds. The number of benzene rings is 10. The Hall–Kier alpha value is -8.15. The molecule has 0 fully saturated rings. The van der Waals surface area contributed by atoms with Crippen molar-refractivity contribution >= 4 is 86.8 Å². The molecule has 3 heterocycles. The molecular formula is C55H32N4O. The van der Waals surface area contributed by atoms with Crippen LogP contribution in [0.2, 0.25) is 0 Å². The summed E-state index contributed by atoms with van der Waals surface area (Å²) >= 11 is 0. The van der Waals surface area contributed by atoms with Crippen LogP contribution >= 0.6 is 0 Å². The number of para-hydroxylation sites is 1. The molecule has 0 aliphatic carbocycles. The van der Waals surface area contributed by atoms with Gasteiger partial charge in [-0.1, -0.05) is 176 Å². The van der Waals surface area contributed by atoms with Crippen LogP contribution < -0.4 is 0 Å². The monoisotopic (exact) mass is 764 g/mol. The third kappa shape index (κ3) is 4.90. The van der Waals surface area contributed by atoms with Crippen molar-refractivity contribution in [2.45, 2.75) is 0 Å². The van der Waals surface area contributed by atoms with Gasteiger partial charge in [0.25, 0.3) is 0 Å². The summed E-state index contributed by atoms with van der Waals surface area (Å²) in [6.07, 6.45) is 0. The molecule has 3 aromatic heterocycles. The highest BCUT2D eigenvalue weighted by Gasteiger charge is 2.24. The molecule has 0 radical (unpaired) electrons. The van der Waals surface area contributed by atoms with E-state index in [1.807, 2.05) is 12.1 Å². The fourth-order valence-corrected chi connectivity index (χ4v) is 9.37. The van der Waals surface area contributed by atoms with Crippen LogP contribution in [0.15, 0.2) is 199 Å². The molecule has 278 valence electrons. The second kappa shape index (κ2) is 12.7. The van der Waals surface area contributed by atoms with E-state index >= 15 is 0 Å². The highest BCUT2D eigenvalue weighted by atomic mass is 16.3. The molecule has 0 saturated carbocycles. The lowest BCUT2D eigenvalue weighted by Crippen LogP contribution is -2.07. The van der Waals surface area contributed by atoms with Gasteiger partial charge in [-0.15, -0.1) is 0 Å². The van der Waals surface area contributed by atoms with Crippen molar-refractivity contribution in [3.63, 3.8) is 0 Å². The number of furan rings is 1. The minimum atomic E-state index is 0.551. The van der Waals surface area contributed by atoms with Crippen molar-refractivity contribution in [1.29, 1.82) is 0 Å². The zero-order valence-electron chi connectivity index (χ0n) is 32.2. The average Bonchev–Trinajstić information content (AvgIpc) is 3.88. The van der Waals surface area contributed by atoms with Crippen LogP contribution in [0.25, 0.3) is 127 Å². The first-order valence-corrected chi connectivity index (χ1v) is 20.3. The van der Waals surface area contributed by atoms with E-state index < -0.39 is 0 Å². The summed E-state index contributed by atoms with van der Waals surface area (Å²) in [6, 6.07) is 68.6. The number of nitrogens with zero attached hydrogens (tertiary/aromatic N) is 4. The van der Waals surface area contributed by atoms with Crippen LogP contribution in [0, 0.1) is 0 Å². The number of hydrogen-bond donors (Lipinski definition) is 0. The van der Waals surface area contributed by atoms with Gasteiger partial charge in [0.2, 0.25) is 5.95 Å². The van der Waals surface area contributed by atoms with Gasteiger partial charge in [-0.05, 0) is 56.3 Å². The number of hydrogen-bond acceptors (Lipinski definition) is 4. The SMILES string of the molecule is c1ccc2cc(-c3ccc(-c4nc(-c5cc6ccccc6c6oc7ccccc7c56)nc(-n5c6c7ccccc7ccc6c6ccc7ccccc7c65)n4)cc3)ccc2c1. The number of aromatic nitrogens is 4. The summed E-state index contributed by atoms with van der Waals surface area (Å²) in [7, 11) is 0. The van der Waals surface area contributed by atoms with Gasteiger partial charge >= 0.3 is 0 Å². The van der Waals surface area contributed by atoms with Gasteiger partial charge in [-0.25, -0.2) is 4.98 Å². The second-order valence-corrected chi connectivity index (χ2v) is 15.6. The van der Waals surface area contributed by atoms with E-state index in [-0.39, 0.29) is 0 Å². The quantitative estimate of drug-likeness (QED) is 0.179. The van der Waals surface area contributed by atoms with Crippen molar-refractivity contribution in [1.82, 2.24) is 19.5 Å². The van der Waals surface area contributed by atoms with Crippen LogP contribution in [0.1, 0.15) is 0 Å². The molecule has 0 aliphatic heterocycles. The number of rotatable bonds is 4. The topological polar surface area (TPSA) is 56.7 Å². The van der Waals surface area contributed by atoms with E-state index in [0.717, 1.165) is 98.3 Å². The Labute approximate surface area is 343 Å². The third-order valence-corrected chi connectivity index (χ3v) is 12.2. The molecule has 0 aliphatic rings. The molecule has 0 N–H and O–H groups in total. The van der Waals surface area contributed by atoms with Crippen LogP contribution in [0.4, 0.5) is 0 Å². The van der Waals surface area contributed by atoms with Gasteiger partial charge in [0.05, 0.1) is 11.0 Å². The van der Waals surface area contributed by atoms with E-state index in [9.17, 15) is 0 Å². The maximum atomic E-state index is 6.66. The third-order valence-electron chi connectivity index (χ3n) is 12.2. The van der Waals surface area contributed by atoms with Crippen LogP contribution in [0.3, 0.4) is 0 Å². The molecule has 0 unspecified atom stereocenters. The lowest BCUT2D eigenvalue weighted by atomic mass is 9.99. The van der Waals surface area contributed by atoms with Crippen LogP contribution in [-0.4, -0.2) is 19.5 Å². The molecule has 0 spiro atoms. The van der Waals surface area contributed by atoms with E-state index in [2.05, 4.69) is 187 Å². The van der Waals surface area contributed by atoms with Crippen molar-refractivity contribution in [2.24, 2.45) is 0 Å². The van der Waals surface area contributed by atoms with Gasteiger partial charge in [0.1, 0.15) is 11.2 Å². The van der Waals surface area contributed by atoms with E-state index in [1.54, 1.807) is 0 Å². The maximum absolute atomic E-state index is 6.66. The second-order valence-electron chi connectivity index (χ2n) is 15.6.